The zero-order chi connectivity index (χ0) is 16.9. The lowest BCUT2D eigenvalue weighted by Crippen LogP contribution is -2.41. The van der Waals surface area contributed by atoms with Crippen LogP contribution in [0, 0.1) is 12.8 Å². The third-order valence-corrected chi connectivity index (χ3v) is 5.27. The first kappa shape index (κ1) is 17.0. The second-order valence-electron chi connectivity index (χ2n) is 6.47. The van der Waals surface area contributed by atoms with Crippen molar-refractivity contribution in [3.8, 4) is 11.5 Å². The van der Waals surface area contributed by atoms with Gasteiger partial charge in [-0.2, -0.15) is 0 Å². The van der Waals surface area contributed by atoms with Gasteiger partial charge < -0.3 is 9.73 Å². The summed E-state index contributed by atoms with van der Waals surface area (Å²) in [6, 6.07) is 8.22. The topological polar surface area (TPSA) is 68.0 Å². The number of hydrogen-bond acceptors (Lipinski definition) is 5. The Bertz CT molecular complexity index is 701. The molecule has 2 aromatic rings. The van der Waals surface area contributed by atoms with Gasteiger partial charge in [-0.05, 0) is 37.8 Å². The van der Waals surface area contributed by atoms with Crippen molar-refractivity contribution in [1.29, 1.82) is 0 Å². The maximum Gasteiger partial charge on any atom is 0.277 e. The first-order valence-corrected chi connectivity index (χ1v) is 9.43. The highest BCUT2D eigenvalue weighted by Gasteiger charge is 2.23. The van der Waals surface area contributed by atoms with Crippen LogP contribution in [0.15, 0.2) is 33.9 Å². The Hall–Kier alpha value is -1.82. The molecule has 0 radical (unpaired) electrons. The molecule has 0 spiro atoms. The van der Waals surface area contributed by atoms with E-state index in [1.54, 1.807) is 0 Å². The Morgan fingerprint density at radius 2 is 2.17 bits per heavy atom. The Morgan fingerprint density at radius 1 is 1.33 bits per heavy atom. The number of thioether (sulfide) groups is 1. The molecule has 3 rings (SSSR count). The Kier molecular flexibility index (Phi) is 5.56. The van der Waals surface area contributed by atoms with Crippen LogP contribution < -0.4 is 5.32 Å². The average molecular weight is 345 g/mol. The van der Waals surface area contributed by atoms with Crippen molar-refractivity contribution in [2.24, 2.45) is 5.92 Å². The molecule has 1 heterocycles. The van der Waals surface area contributed by atoms with Crippen LogP contribution in [0.2, 0.25) is 0 Å². The Morgan fingerprint density at radius 3 is 2.96 bits per heavy atom. The number of aromatic nitrogens is 2. The average Bonchev–Trinajstić information content (AvgIpc) is 3.04. The van der Waals surface area contributed by atoms with Gasteiger partial charge in [0.1, 0.15) is 0 Å². The first-order valence-electron chi connectivity index (χ1n) is 8.44. The summed E-state index contributed by atoms with van der Waals surface area (Å²) < 4.78 is 5.65. The van der Waals surface area contributed by atoms with Crippen LogP contribution >= 0.6 is 11.8 Å². The van der Waals surface area contributed by atoms with E-state index in [1.807, 2.05) is 31.2 Å². The van der Waals surface area contributed by atoms with Crippen molar-refractivity contribution in [2.45, 2.75) is 50.8 Å². The molecule has 6 heteroatoms. The number of nitrogens with zero attached hydrogens (tertiary/aromatic N) is 2. The van der Waals surface area contributed by atoms with Gasteiger partial charge in [0.2, 0.25) is 11.8 Å². The normalized spacial score (nSPS) is 20.8. The first-order chi connectivity index (χ1) is 11.6. The smallest absolute Gasteiger partial charge is 0.277 e. The number of amides is 1. The molecule has 0 bridgehead atoms. The molecular formula is C18H23N3O2S. The summed E-state index contributed by atoms with van der Waals surface area (Å²) in [5.74, 6) is 1.39. The molecule has 24 heavy (non-hydrogen) atoms. The van der Waals surface area contributed by atoms with Crippen LogP contribution in [0.5, 0.6) is 0 Å². The molecule has 0 unspecified atom stereocenters. The maximum atomic E-state index is 12.1. The zero-order valence-corrected chi connectivity index (χ0v) is 14.9. The van der Waals surface area contributed by atoms with Gasteiger partial charge in [0.25, 0.3) is 5.22 Å². The molecule has 1 aliphatic carbocycles. The molecule has 1 aliphatic rings. The standard InChI is InChI=1S/C18H23N3O2S/c1-12-6-5-8-14(10-12)17-20-21-18(23-17)24-11-16(22)19-15-9-4-3-7-13(15)2/h5-6,8,10,13,15H,3-4,7,9,11H2,1-2H3,(H,19,22)/t13-,15-/m1/s1. The van der Waals surface area contributed by atoms with Crippen molar-refractivity contribution in [3.05, 3.63) is 29.8 Å². The molecule has 128 valence electrons. The van der Waals surface area contributed by atoms with Crippen LogP contribution in [0.1, 0.15) is 38.2 Å². The fraction of sp³-hybridized carbons (Fsp3) is 0.500. The van der Waals surface area contributed by atoms with Gasteiger partial charge >= 0.3 is 0 Å². The summed E-state index contributed by atoms with van der Waals surface area (Å²) in [5.41, 5.74) is 2.04. The highest BCUT2D eigenvalue weighted by atomic mass is 32.2. The Labute approximate surface area is 146 Å². The minimum atomic E-state index is 0.0362. The van der Waals surface area contributed by atoms with E-state index in [2.05, 4.69) is 22.4 Å². The van der Waals surface area contributed by atoms with E-state index in [0.29, 0.717) is 28.8 Å². The number of benzene rings is 1. The van der Waals surface area contributed by atoms with Gasteiger partial charge in [0.15, 0.2) is 0 Å². The summed E-state index contributed by atoms with van der Waals surface area (Å²) in [4.78, 5) is 12.1. The third-order valence-electron chi connectivity index (χ3n) is 4.46. The minimum absolute atomic E-state index is 0.0362. The van der Waals surface area contributed by atoms with Crippen LogP contribution in [0.25, 0.3) is 11.5 Å². The van der Waals surface area contributed by atoms with Crippen LogP contribution in [-0.4, -0.2) is 27.9 Å². The fourth-order valence-corrected chi connectivity index (χ4v) is 3.64. The monoisotopic (exact) mass is 345 g/mol. The van der Waals surface area contributed by atoms with Crippen LogP contribution in [0.4, 0.5) is 0 Å². The molecule has 1 N–H and O–H groups in total. The molecule has 1 saturated carbocycles. The molecular weight excluding hydrogens is 322 g/mol. The fourth-order valence-electron chi connectivity index (χ4n) is 3.07. The largest absolute Gasteiger partial charge is 0.411 e. The van der Waals surface area contributed by atoms with E-state index in [4.69, 9.17) is 4.42 Å². The van der Waals surface area contributed by atoms with Gasteiger partial charge in [-0.3, -0.25) is 4.79 Å². The number of carbonyl (C=O) groups excluding carboxylic acids is 1. The third kappa shape index (κ3) is 4.38. The number of hydrogen-bond donors (Lipinski definition) is 1. The van der Waals surface area contributed by atoms with Crippen LogP contribution in [0.3, 0.4) is 0 Å². The van der Waals surface area contributed by atoms with Gasteiger partial charge in [-0.1, -0.05) is 49.2 Å². The van der Waals surface area contributed by atoms with E-state index in [1.165, 1.54) is 31.0 Å². The molecule has 2 atom stereocenters. The van der Waals surface area contributed by atoms with E-state index in [9.17, 15) is 4.79 Å². The van der Waals surface area contributed by atoms with Crippen molar-refractivity contribution in [3.63, 3.8) is 0 Å². The van der Waals surface area contributed by atoms with E-state index < -0.39 is 0 Å². The van der Waals surface area contributed by atoms with Gasteiger partial charge in [0.05, 0.1) is 5.75 Å². The second kappa shape index (κ2) is 7.83. The molecule has 5 nitrogen and oxygen atoms in total. The maximum absolute atomic E-state index is 12.1. The number of nitrogens with one attached hydrogen (secondary N) is 1. The van der Waals surface area contributed by atoms with Crippen molar-refractivity contribution >= 4 is 17.7 Å². The molecule has 1 aromatic carbocycles. The van der Waals surface area contributed by atoms with Gasteiger partial charge in [-0.25, -0.2) is 0 Å². The number of carbonyl (C=O) groups is 1. The van der Waals surface area contributed by atoms with Gasteiger partial charge in [0, 0.05) is 11.6 Å². The number of aryl methyl sites for hydroxylation is 1. The molecule has 0 aliphatic heterocycles. The lowest BCUT2D eigenvalue weighted by Gasteiger charge is -2.29. The molecule has 1 amide bonds. The molecule has 1 aromatic heterocycles. The SMILES string of the molecule is Cc1cccc(-c2nnc(SCC(=O)N[C@@H]3CCCC[C@H]3C)o2)c1. The lowest BCUT2D eigenvalue weighted by molar-refractivity contribution is -0.119. The highest BCUT2D eigenvalue weighted by Crippen LogP contribution is 2.25. The summed E-state index contributed by atoms with van der Waals surface area (Å²) in [6.07, 6.45) is 4.75. The van der Waals surface area contributed by atoms with Crippen molar-refractivity contribution in [2.75, 3.05) is 5.75 Å². The molecule has 0 saturated heterocycles. The van der Waals surface area contributed by atoms with Crippen LogP contribution in [-0.2, 0) is 4.79 Å². The highest BCUT2D eigenvalue weighted by molar-refractivity contribution is 7.99. The summed E-state index contributed by atoms with van der Waals surface area (Å²) >= 11 is 1.29. The van der Waals surface area contributed by atoms with Crippen molar-refractivity contribution < 1.29 is 9.21 Å². The predicted octanol–water partition coefficient (Wildman–Crippen LogP) is 3.83. The molecule has 1 fully saturated rings. The second-order valence-corrected chi connectivity index (χ2v) is 7.39. The van der Waals surface area contributed by atoms with E-state index >= 15 is 0 Å². The predicted molar refractivity (Wildman–Crippen MR) is 94.8 cm³/mol. The minimum Gasteiger partial charge on any atom is -0.411 e. The van der Waals surface area contributed by atoms with E-state index in [0.717, 1.165) is 17.5 Å². The number of rotatable bonds is 5. The van der Waals surface area contributed by atoms with Crippen molar-refractivity contribution in [1.82, 2.24) is 15.5 Å². The van der Waals surface area contributed by atoms with Gasteiger partial charge in [-0.15, -0.1) is 10.2 Å². The lowest BCUT2D eigenvalue weighted by atomic mass is 9.86. The Balaban J connectivity index is 1.52. The summed E-state index contributed by atoms with van der Waals surface area (Å²) in [6.45, 7) is 4.23. The quantitative estimate of drug-likeness (QED) is 0.834. The van der Waals surface area contributed by atoms with E-state index in [-0.39, 0.29) is 5.91 Å². The zero-order valence-electron chi connectivity index (χ0n) is 14.1. The summed E-state index contributed by atoms with van der Waals surface area (Å²) in [7, 11) is 0. The summed E-state index contributed by atoms with van der Waals surface area (Å²) in [5, 5.41) is 11.7.